The van der Waals surface area contributed by atoms with Gasteiger partial charge in [-0.05, 0) is 99.6 Å². The fraction of sp³-hybridized carbons (Fsp3) is 0.324. The molecule has 6 nitrogen and oxygen atoms in total. The molecular weight excluding hydrogens is 530 g/mol. The molecule has 0 bridgehead atoms. The van der Waals surface area contributed by atoms with Gasteiger partial charge in [0.1, 0.15) is 0 Å². The lowest BCUT2D eigenvalue weighted by molar-refractivity contribution is -0.139. The molecule has 1 aliphatic rings. The number of aromatic nitrogens is 2. The van der Waals surface area contributed by atoms with E-state index < -0.39 is 12.0 Å². The van der Waals surface area contributed by atoms with Gasteiger partial charge in [-0.1, -0.05) is 55.5 Å². The Kier molecular flexibility index (Phi) is 7.75. The first-order valence-electron chi connectivity index (χ1n) is 14.1. The SMILES string of the molecule is CCOC(=O)C1=C(C)N=c2sc(=Cc3cc(C)n(-c4cc(C)cc(C)c4)c3C)c(=O)n2[C@@H]1c1ccc(C(C)C)cc1. The Morgan fingerprint density at radius 1 is 1.02 bits per heavy atom. The van der Waals surface area contributed by atoms with Crippen LogP contribution in [0.3, 0.4) is 0 Å². The zero-order valence-corrected chi connectivity index (χ0v) is 25.8. The number of esters is 1. The topological polar surface area (TPSA) is 65.6 Å². The molecular formula is C34H37N3O3S. The smallest absolute Gasteiger partial charge is 0.338 e. The molecule has 2 aromatic heterocycles. The molecule has 3 heterocycles. The predicted molar refractivity (Wildman–Crippen MR) is 166 cm³/mol. The van der Waals surface area contributed by atoms with Gasteiger partial charge in [0.15, 0.2) is 4.80 Å². The highest BCUT2D eigenvalue weighted by Gasteiger charge is 2.33. The minimum absolute atomic E-state index is 0.169. The first kappa shape index (κ1) is 28.6. The lowest BCUT2D eigenvalue weighted by Gasteiger charge is -2.25. The second-order valence-corrected chi connectivity index (χ2v) is 12.1. The lowest BCUT2D eigenvalue weighted by atomic mass is 9.93. The van der Waals surface area contributed by atoms with Crippen LogP contribution >= 0.6 is 11.3 Å². The van der Waals surface area contributed by atoms with Crippen molar-refractivity contribution in [2.75, 3.05) is 6.61 Å². The van der Waals surface area contributed by atoms with Crippen LogP contribution in [-0.2, 0) is 9.53 Å². The summed E-state index contributed by atoms with van der Waals surface area (Å²) in [6, 6.07) is 16.2. The first-order chi connectivity index (χ1) is 19.5. The molecule has 0 aliphatic carbocycles. The molecule has 2 aromatic carbocycles. The van der Waals surface area contributed by atoms with E-state index in [0.717, 1.165) is 28.2 Å². The molecule has 5 rings (SSSR count). The van der Waals surface area contributed by atoms with Crippen molar-refractivity contribution in [1.82, 2.24) is 9.13 Å². The summed E-state index contributed by atoms with van der Waals surface area (Å²) in [6.45, 7) is 16.5. The molecule has 0 N–H and O–H groups in total. The number of ether oxygens (including phenoxy) is 1. The Labute approximate surface area is 245 Å². The Morgan fingerprint density at radius 3 is 2.29 bits per heavy atom. The van der Waals surface area contributed by atoms with Crippen molar-refractivity contribution >= 4 is 23.4 Å². The van der Waals surface area contributed by atoms with Gasteiger partial charge in [-0.3, -0.25) is 9.36 Å². The normalized spacial score (nSPS) is 15.3. The molecule has 1 aliphatic heterocycles. The maximum Gasteiger partial charge on any atom is 0.338 e. The predicted octanol–water partition coefficient (Wildman–Crippen LogP) is 5.95. The van der Waals surface area contributed by atoms with Crippen molar-refractivity contribution in [3.05, 3.63) is 119 Å². The number of carbonyl (C=O) groups is 1. The average Bonchev–Trinajstić information content (AvgIpc) is 3.36. The van der Waals surface area contributed by atoms with E-state index in [1.54, 1.807) is 11.5 Å². The van der Waals surface area contributed by atoms with Crippen molar-refractivity contribution in [3.8, 4) is 5.69 Å². The van der Waals surface area contributed by atoms with Gasteiger partial charge in [-0.25, -0.2) is 9.79 Å². The molecule has 0 spiro atoms. The average molecular weight is 568 g/mol. The third-order valence-corrected chi connectivity index (χ3v) is 8.64. The van der Waals surface area contributed by atoms with Crippen molar-refractivity contribution in [1.29, 1.82) is 0 Å². The van der Waals surface area contributed by atoms with Crippen LogP contribution in [0.4, 0.5) is 0 Å². The van der Waals surface area contributed by atoms with Crippen LogP contribution in [0.15, 0.2) is 69.6 Å². The number of nitrogens with zero attached hydrogens (tertiary/aromatic N) is 3. The summed E-state index contributed by atoms with van der Waals surface area (Å²) < 4.78 is 9.89. The van der Waals surface area contributed by atoms with Crippen molar-refractivity contribution in [3.63, 3.8) is 0 Å². The second-order valence-electron chi connectivity index (χ2n) is 11.1. The summed E-state index contributed by atoms with van der Waals surface area (Å²) in [7, 11) is 0. The van der Waals surface area contributed by atoms with Gasteiger partial charge in [-0.2, -0.15) is 0 Å². The largest absolute Gasteiger partial charge is 0.463 e. The van der Waals surface area contributed by atoms with E-state index in [-0.39, 0.29) is 12.2 Å². The molecule has 1 atom stereocenters. The van der Waals surface area contributed by atoms with Crippen LogP contribution in [0.5, 0.6) is 0 Å². The minimum Gasteiger partial charge on any atom is -0.463 e. The maximum atomic E-state index is 14.1. The first-order valence-corrected chi connectivity index (χ1v) is 14.9. The molecule has 41 heavy (non-hydrogen) atoms. The van der Waals surface area contributed by atoms with Gasteiger partial charge in [0.2, 0.25) is 0 Å². The summed E-state index contributed by atoms with van der Waals surface area (Å²) in [5.74, 6) is -0.0754. The van der Waals surface area contributed by atoms with Gasteiger partial charge in [0.25, 0.3) is 5.56 Å². The van der Waals surface area contributed by atoms with Gasteiger partial charge in [0, 0.05) is 17.1 Å². The number of fused-ring (bicyclic) bond motifs is 1. The van der Waals surface area contributed by atoms with E-state index in [1.165, 1.54) is 28.0 Å². The van der Waals surface area contributed by atoms with Crippen LogP contribution in [-0.4, -0.2) is 21.7 Å². The van der Waals surface area contributed by atoms with Gasteiger partial charge in [0.05, 0.1) is 28.5 Å². The Bertz CT molecular complexity index is 1850. The van der Waals surface area contributed by atoms with Crippen molar-refractivity contribution < 1.29 is 9.53 Å². The zero-order valence-electron chi connectivity index (χ0n) is 25.0. The van der Waals surface area contributed by atoms with E-state index in [4.69, 9.17) is 9.73 Å². The summed E-state index contributed by atoms with van der Waals surface area (Å²) in [5, 5.41) is 0. The maximum absolute atomic E-state index is 14.1. The molecule has 0 radical (unpaired) electrons. The number of allylic oxidation sites excluding steroid dienone is 1. The number of carbonyl (C=O) groups excluding carboxylic acids is 1. The highest BCUT2D eigenvalue weighted by molar-refractivity contribution is 7.07. The number of rotatable bonds is 6. The Morgan fingerprint density at radius 2 is 1.68 bits per heavy atom. The van der Waals surface area contributed by atoms with Crippen LogP contribution in [0.25, 0.3) is 11.8 Å². The number of benzene rings is 2. The van der Waals surface area contributed by atoms with Crippen LogP contribution in [0.2, 0.25) is 0 Å². The van der Waals surface area contributed by atoms with E-state index in [0.29, 0.717) is 26.5 Å². The van der Waals surface area contributed by atoms with E-state index >= 15 is 0 Å². The molecule has 0 unspecified atom stereocenters. The summed E-state index contributed by atoms with van der Waals surface area (Å²) >= 11 is 1.35. The van der Waals surface area contributed by atoms with E-state index in [2.05, 4.69) is 82.5 Å². The van der Waals surface area contributed by atoms with Gasteiger partial charge in [-0.15, -0.1) is 0 Å². The number of hydrogen-bond acceptors (Lipinski definition) is 5. The minimum atomic E-state index is -0.614. The monoisotopic (exact) mass is 567 g/mol. The number of hydrogen-bond donors (Lipinski definition) is 0. The molecule has 7 heteroatoms. The summed E-state index contributed by atoms with van der Waals surface area (Å²) in [4.78, 5) is 32.6. The summed E-state index contributed by atoms with van der Waals surface area (Å²) in [5.41, 5.74) is 9.50. The lowest BCUT2D eigenvalue weighted by Crippen LogP contribution is -2.39. The molecule has 0 saturated heterocycles. The van der Waals surface area contributed by atoms with Crippen molar-refractivity contribution in [2.24, 2.45) is 4.99 Å². The molecule has 212 valence electrons. The second kappa shape index (κ2) is 11.1. The van der Waals surface area contributed by atoms with E-state index in [9.17, 15) is 9.59 Å². The summed E-state index contributed by atoms with van der Waals surface area (Å²) in [6.07, 6.45) is 1.95. The van der Waals surface area contributed by atoms with Crippen molar-refractivity contribution in [2.45, 2.75) is 67.3 Å². The molecule has 4 aromatic rings. The number of aryl methyl sites for hydroxylation is 3. The van der Waals surface area contributed by atoms with Crippen LogP contribution in [0.1, 0.15) is 78.9 Å². The van der Waals surface area contributed by atoms with Gasteiger partial charge < -0.3 is 9.30 Å². The highest BCUT2D eigenvalue weighted by Crippen LogP contribution is 2.31. The van der Waals surface area contributed by atoms with Crippen LogP contribution < -0.4 is 14.9 Å². The third kappa shape index (κ3) is 5.26. The fourth-order valence-corrected chi connectivity index (χ4v) is 6.76. The molecule has 0 saturated carbocycles. The standard InChI is InChI=1S/C34H37N3O3S/c1-9-40-33(39)30-23(7)35-34-37(31(30)26-12-10-25(11-13-26)19(2)3)32(38)29(41-34)18-27-17-22(6)36(24(27)8)28-15-20(4)14-21(5)16-28/h10-19,31H,9H2,1-8H3/t31-/m1/s1. The number of thiazole rings is 1. The third-order valence-electron chi connectivity index (χ3n) is 7.66. The quantitative estimate of drug-likeness (QED) is 0.271. The van der Waals surface area contributed by atoms with E-state index in [1.807, 2.05) is 25.1 Å². The fourth-order valence-electron chi connectivity index (χ4n) is 5.72. The molecule has 0 fully saturated rings. The highest BCUT2D eigenvalue weighted by atomic mass is 32.1. The Balaban J connectivity index is 1.68. The molecule has 0 amide bonds. The van der Waals surface area contributed by atoms with Crippen LogP contribution in [0, 0.1) is 27.7 Å². The van der Waals surface area contributed by atoms with Gasteiger partial charge >= 0.3 is 5.97 Å². The zero-order chi connectivity index (χ0) is 29.6. The Hall–Kier alpha value is -3.97.